The van der Waals surface area contributed by atoms with Gasteiger partial charge in [0.05, 0.1) is 33.6 Å². The molecule has 3 rings (SSSR count). The summed E-state index contributed by atoms with van der Waals surface area (Å²) in [5.41, 5.74) is 0.380. The molecule has 0 spiro atoms. The van der Waals surface area contributed by atoms with Gasteiger partial charge >= 0.3 is 0 Å². The molecule has 0 radical (unpaired) electrons. The lowest BCUT2D eigenvalue weighted by Gasteiger charge is -2.10. The lowest BCUT2D eigenvalue weighted by Crippen LogP contribution is -2.17. The number of halogens is 1. The number of hydrogen-bond donors (Lipinski definition) is 1. The predicted molar refractivity (Wildman–Crippen MR) is 110 cm³/mol. The molecule has 144 valence electrons. The normalized spacial score (nSPS) is 10.4. The molecule has 0 unspecified atom stereocenters. The molecule has 0 aliphatic heterocycles. The third-order valence-electron chi connectivity index (χ3n) is 3.76. The number of carbonyl (C=O) groups is 1. The van der Waals surface area contributed by atoms with Crippen LogP contribution < -0.4 is 14.8 Å². The van der Waals surface area contributed by atoms with E-state index < -0.39 is 10.8 Å². The number of amides is 1. The highest BCUT2D eigenvalue weighted by Gasteiger charge is 2.18. The minimum absolute atomic E-state index is 0.207. The third kappa shape index (κ3) is 4.39. The summed E-state index contributed by atoms with van der Waals surface area (Å²) in [5, 5.41) is 17.9. The van der Waals surface area contributed by atoms with E-state index in [0.717, 1.165) is 0 Å². The Morgan fingerprint density at radius 3 is 2.43 bits per heavy atom. The SMILES string of the molecule is COc1ccc(Oc2cc(NC(=O)c3c(I)cnn3C)cc([N+](=O)[O-])c2)cc1. The van der Waals surface area contributed by atoms with Gasteiger partial charge in [-0.2, -0.15) is 5.10 Å². The van der Waals surface area contributed by atoms with Crippen LogP contribution in [0.4, 0.5) is 11.4 Å². The Bertz CT molecular complexity index is 1010. The average Bonchev–Trinajstić information content (AvgIpc) is 3.00. The first kappa shape index (κ1) is 19.6. The van der Waals surface area contributed by atoms with Gasteiger partial charge in [0.2, 0.25) is 0 Å². The molecule has 0 atom stereocenters. The molecule has 0 aliphatic rings. The van der Waals surface area contributed by atoms with Gasteiger partial charge in [-0.3, -0.25) is 19.6 Å². The van der Waals surface area contributed by atoms with E-state index in [1.165, 1.54) is 22.9 Å². The van der Waals surface area contributed by atoms with Crippen molar-refractivity contribution in [2.45, 2.75) is 0 Å². The molecule has 0 fully saturated rings. The van der Waals surface area contributed by atoms with Gasteiger partial charge in [0.1, 0.15) is 22.9 Å². The van der Waals surface area contributed by atoms with Crippen molar-refractivity contribution in [3.8, 4) is 17.2 Å². The Morgan fingerprint density at radius 1 is 1.18 bits per heavy atom. The minimum atomic E-state index is -0.551. The quantitative estimate of drug-likeness (QED) is 0.316. The molecule has 9 nitrogen and oxygen atoms in total. The smallest absolute Gasteiger partial charge is 0.275 e. The van der Waals surface area contributed by atoms with Gasteiger partial charge in [-0.25, -0.2) is 0 Å². The van der Waals surface area contributed by atoms with Gasteiger partial charge in [-0.05, 0) is 46.9 Å². The number of non-ortho nitro benzene ring substituents is 1. The van der Waals surface area contributed by atoms with Crippen LogP contribution in [-0.2, 0) is 7.05 Å². The van der Waals surface area contributed by atoms with Crippen molar-refractivity contribution in [1.82, 2.24) is 9.78 Å². The van der Waals surface area contributed by atoms with E-state index in [-0.39, 0.29) is 17.1 Å². The monoisotopic (exact) mass is 494 g/mol. The van der Waals surface area contributed by atoms with Gasteiger partial charge in [0, 0.05) is 19.2 Å². The standard InChI is InChI=1S/C18H15IN4O5/c1-22-17(16(19)10-20-22)18(24)21-11-7-12(23(25)26)9-15(8-11)28-14-5-3-13(27-2)4-6-14/h3-10H,1-2H3,(H,21,24). The predicted octanol–water partition coefficient (Wildman–Crippen LogP) is 3.99. The third-order valence-corrected chi connectivity index (χ3v) is 4.55. The van der Waals surface area contributed by atoms with E-state index >= 15 is 0 Å². The highest BCUT2D eigenvalue weighted by molar-refractivity contribution is 14.1. The number of rotatable bonds is 6. The summed E-state index contributed by atoms with van der Waals surface area (Å²) in [6.07, 6.45) is 1.56. The van der Waals surface area contributed by atoms with Crippen molar-refractivity contribution in [2.24, 2.45) is 7.05 Å². The van der Waals surface area contributed by atoms with E-state index in [9.17, 15) is 14.9 Å². The molecule has 2 aromatic carbocycles. The number of benzene rings is 2. The number of nitro groups is 1. The molecule has 1 aromatic heterocycles. The number of carbonyl (C=O) groups excluding carboxylic acids is 1. The number of anilines is 1. The largest absolute Gasteiger partial charge is 0.497 e. The van der Waals surface area contributed by atoms with Crippen molar-refractivity contribution in [3.63, 3.8) is 0 Å². The van der Waals surface area contributed by atoms with Crippen LogP contribution in [0, 0.1) is 13.7 Å². The summed E-state index contributed by atoms with van der Waals surface area (Å²) in [5.74, 6) is 0.916. The van der Waals surface area contributed by atoms with Crippen LogP contribution in [0.5, 0.6) is 17.2 Å². The lowest BCUT2D eigenvalue weighted by atomic mass is 10.2. The number of nitrogens with one attached hydrogen (secondary N) is 1. The molecular formula is C18H15IN4O5. The second-order valence-electron chi connectivity index (χ2n) is 5.67. The molecular weight excluding hydrogens is 479 g/mol. The number of methoxy groups -OCH3 is 1. The van der Waals surface area contributed by atoms with Crippen LogP contribution in [0.2, 0.25) is 0 Å². The number of hydrogen-bond acceptors (Lipinski definition) is 6. The first-order valence-corrected chi connectivity index (χ1v) is 9.05. The highest BCUT2D eigenvalue weighted by Crippen LogP contribution is 2.31. The fourth-order valence-corrected chi connectivity index (χ4v) is 3.17. The maximum Gasteiger partial charge on any atom is 0.275 e. The Hall–Kier alpha value is -3.15. The molecule has 0 bridgehead atoms. The van der Waals surface area contributed by atoms with Crippen LogP contribution >= 0.6 is 22.6 Å². The molecule has 1 heterocycles. The van der Waals surface area contributed by atoms with Crippen molar-refractivity contribution in [1.29, 1.82) is 0 Å². The molecule has 0 saturated carbocycles. The van der Waals surface area contributed by atoms with E-state index in [2.05, 4.69) is 10.4 Å². The summed E-state index contributed by atoms with van der Waals surface area (Å²) >= 11 is 2.00. The molecule has 1 N–H and O–H groups in total. The zero-order valence-corrected chi connectivity index (χ0v) is 17.0. The van der Waals surface area contributed by atoms with Crippen LogP contribution in [-0.4, -0.2) is 27.7 Å². The van der Waals surface area contributed by atoms with Gasteiger partial charge in [-0.15, -0.1) is 0 Å². The molecule has 10 heteroatoms. The Labute approximate surface area is 173 Å². The van der Waals surface area contributed by atoms with Crippen LogP contribution in [0.25, 0.3) is 0 Å². The number of nitro benzene ring substituents is 1. The molecule has 1 amide bonds. The summed E-state index contributed by atoms with van der Waals surface area (Å²) in [4.78, 5) is 23.3. The van der Waals surface area contributed by atoms with Gasteiger partial charge in [0.25, 0.3) is 11.6 Å². The first-order chi connectivity index (χ1) is 13.4. The average molecular weight is 494 g/mol. The summed E-state index contributed by atoms with van der Waals surface area (Å²) < 4.78 is 12.9. The minimum Gasteiger partial charge on any atom is -0.497 e. The Morgan fingerprint density at radius 2 is 1.86 bits per heavy atom. The topological polar surface area (TPSA) is 109 Å². The van der Waals surface area contributed by atoms with Crippen LogP contribution in [0.1, 0.15) is 10.5 Å². The van der Waals surface area contributed by atoms with E-state index in [1.807, 2.05) is 22.6 Å². The Balaban J connectivity index is 1.88. The van der Waals surface area contributed by atoms with Crippen molar-refractivity contribution >= 4 is 39.9 Å². The molecule has 3 aromatic rings. The second-order valence-corrected chi connectivity index (χ2v) is 6.83. The number of ether oxygens (including phenoxy) is 2. The fraction of sp³-hybridized carbons (Fsp3) is 0.111. The zero-order chi connectivity index (χ0) is 20.3. The van der Waals surface area contributed by atoms with Crippen molar-refractivity contribution in [3.05, 3.63) is 68.0 Å². The number of aromatic nitrogens is 2. The molecule has 0 saturated heterocycles. The second kappa shape index (κ2) is 8.25. The van der Waals surface area contributed by atoms with Gasteiger partial charge in [0.15, 0.2) is 0 Å². The van der Waals surface area contributed by atoms with Gasteiger partial charge < -0.3 is 14.8 Å². The van der Waals surface area contributed by atoms with E-state index in [4.69, 9.17) is 9.47 Å². The fourth-order valence-electron chi connectivity index (χ4n) is 2.46. The molecule has 28 heavy (non-hydrogen) atoms. The summed E-state index contributed by atoms with van der Waals surface area (Å²) in [6.45, 7) is 0. The zero-order valence-electron chi connectivity index (χ0n) is 14.9. The maximum atomic E-state index is 12.5. The summed E-state index contributed by atoms with van der Waals surface area (Å²) in [6, 6.07) is 10.8. The number of aryl methyl sites for hydroxylation is 1. The molecule has 0 aliphatic carbocycles. The highest BCUT2D eigenvalue weighted by atomic mass is 127. The number of nitrogens with zero attached hydrogens (tertiary/aromatic N) is 3. The van der Waals surface area contributed by atoms with Crippen LogP contribution in [0.3, 0.4) is 0 Å². The maximum absolute atomic E-state index is 12.5. The van der Waals surface area contributed by atoms with Crippen LogP contribution in [0.15, 0.2) is 48.7 Å². The van der Waals surface area contributed by atoms with Crippen molar-refractivity contribution < 1.29 is 19.2 Å². The lowest BCUT2D eigenvalue weighted by molar-refractivity contribution is -0.384. The van der Waals surface area contributed by atoms with E-state index in [0.29, 0.717) is 20.8 Å². The van der Waals surface area contributed by atoms with Crippen molar-refractivity contribution in [2.75, 3.05) is 12.4 Å². The first-order valence-electron chi connectivity index (χ1n) is 7.97. The van der Waals surface area contributed by atoms with Gasteiger partial charge in [-0.1, -0.05) is 0 Å². The summed E-state index contributed by atoms with van der Waals surface area (Å²) in [7, 11) is 3.19. The Kier molecular flexibility index (Phi) is 5.78. The van der Waals surface area contributed by atoms with E-state index in [1.54, 1.807) is 44.6 Å².